The molecule has 0 aromatic heterocycles. The van der Waals surface area contributed by atoms with Crippen molar-refractivity contribution in [3.63, 3.8) is 0 Å². The van der Waals surface area contributed by atoms with E-state index in [4.69, 9.17) is 9.47 Å². The zero-order valence-electron chi connectivity index (χ0n) is 17.8. The van der Waals surface area contributed by atoms with Gasteiger partial charge in [0.05, 0.1) is 13.0 Å². The quantitative estimate of drug-likeness (QED) is 0.507. The van der Waals surface area contributed by atoms with Gasteiger partial charge >= 0.3 is 5.97 Å². The Morgan fingerprint density at radius 1 is 1.04 bits per heavy atom. The lowest BCUT2D eigenvalue weighted by Crippen LogP contribution is -2.59. The first kappa shape index (κ1) is 19.8. The van der Waals surface area contributed by atoms with Crippen molar-refractivity contribution < 1.29 is 14.3 Å². The van der Waals surface area contributed by atoms with E-state index < -0.39 is 0 Å². The van der Waals surface area contributed by atoms with Gasteiger partial charge in [0.2, 0.25) is 0 Å². The van der Waals surface area contributed by atoms with Gasteiger partial charge in [-0.1, -0.05) is 32.9 Å². The number of carbonyl (C=O) groups excluding carboxylic acids is 1. The molecular weight excluding hydrogens is 348 g/mol. The Hall–Kier alpha value is -1.51. The molecule has 4 fully saturated rings. The summed E-state index contributed by atoms with van der Waals surface area (Å²) in [6, 6.07) is 8.28. The molecule has 28 heavy (non-hydrogen) atoms. The molecule has 1 unspecified atom stereocenters. The number of carbonyl (C=O) groups is 1. The smallest absolute Gasteiger partial charge is 0.309 e. The Labute approximate surface area is 170 Å². The van der Waals surface area contributed by atoms with E-state index in [-0.39, 0.29) is 11.6 Å². The first-order valence-electron chi connectivity index (χ1n) is 11.5. The number of benzene rings is 1. The fourth-order valence-corrected chi connectivity index (χ4v) is 6.44. The van der Waals surface area contributed by atoms with Crippen LogP contribution in [-0.2, 0) is 9.53 Å². The lowest BCUT2D eigenvalue weighted by Gasteiger charge is -2.60. The zero-order chi connectivity index (χ0) is 19.7. The molecule has 0 amide bonds. The molecule has 4 saturated carbocycles. The molecule has 5 rings (SSSR count). The molecular formula is C25H36O3. The van der Waals surface area contributed by atoms with Gasteiger partial charge in [-0.05, 0) is 92.2 Å². The third-order valence-electron chi connectivity index (χ3n) is 8.01. The highest BCUT2D eigenvalue weighted by molar-refractivity contribution is 5.70. The SMILES string of the molecule is CCC(C)c1ccc(OCCC(=O)OC2(CC)C3CC4CC(C3)CC2C4)cc1. The van der Waals surface area contributed by atoms with Gasteiger partial charge in [-0.25, -0.2) is 0 Å². The highest BCUT2D eigenvalue weighted by atomic mass is 16.6. The molecule has 0 spiro atoms. The zero-order valence-corrected chi connectivity index (χ0v) is 17.8. The molecule has 1 aromatic carbocycles. The summed E-state index contributed by atoms with van der Waals surface area (Å²) in [6.07, 6.45) is 8.94. The maximum atomic E-state index is 12.7. The fraction of sp³-hybridized carbons (Fsp3) is 0.720. The molecule has 154 valence electrons. The fourth-order valence-electron chi connectivity index (χ4n) is 6.44. The largest absolute Gasteiger partial charge is 0.493 e. The first-order valence-corrected chi connectivity index (χ1v) is 11.5. The van der Waals surface area contributed by atoms with Crippen LogP contribution in [0.15, 0.2) is 24.3 Å². The Kier molecular flexibility index (Phi) is 5.71. The van der Waals surface area contributed by atoms with E-state index in [1.165, 1.54) is 37.7 Å². The number of rotatable bonds is 8. The Balaban J connectivity index is 1.29. The second kappa shape index (κ2) is 8.08. The average Bonchev–Trinajstić information content (AvgIpc) is 2.70. The second-order valence-corrected chi connectivity index (χ2v) is 9.56. The van der Waals surface area contributed by atoms with E-state index >= 15 is 0 Å². The molecule has 3 nitrogen and oxygen atoms in total. The van der Waals surface area contributed by atoms with Crippen LogP contribution in [0.3, 0.4) is 0 Å². The minimum absolute atomic E-state index is 0.0782. The number of hydrogen-bond acceptors (Lipinski definition) is 3. The third-order valence-corrected chi connectivity index (χ3v) is 8.01. The standard InChI is InChI=1S/C25H36O3/c1-4-17(3)20-6-8-23(9-7-20)27-11-10-24(26)28-25(5-2)21-13-18-12-19(15-21)16-22(25)14-18/h6-9,17-19,21-22H,4-5,10-16H2,1-3H3. The molecule has 0 saturated heterocycles. The van der Waals surface area contributed by atoms with E-state index in [9.17, 15) is 4.79 Å². The summed E-state index contributed by atoms with van der Waals surface area (Å²) in [6.45, 7) is 7.04. The highest BCUT2D eigenvalue weighted by Crippen LogP contribution is 2.60. The number of hydrogen-bond donors (Lipinski definition) is 0. The van der Waals surface area contributed by atoms with Gasteiger partial charge in [0.15, 0.2) is 0 Å². The van der Waals surface area contributed by atoms with Crippen LogP contribution in [0.4, 0.5) is 0 Å². The maximum absolute atomic E-state index is 12.7. The van der Waals surface area contributed by atoms with Crippen molar-refractivity contribution in [1.29, 1.82) is 0 Å². The summed E-state index contributed by atoms with van der Waals surface area (Å²) in [7, 11) is 0. The summed E-state index contributed by atoms with van der Waals surface area (Å²) in [5, 5.41) is 0. The minimum Gasteiger partial charge on any atom is -0.493 e. The molecule has 3 heteroatoms. The molecule has 1 aromatic rings. The Bertz CT molecular complexity index is 650. The van der Waals surface area contributed by atoms with Gasteiger partial charge in [-0.15, -0.1) is 0 Å². The molecule has 1 atom stereocenters. The summed E-state index contributed by atoms with van der Waals surface area (Å²) < 4.78 is 12.1. The predicted octanol–water partition coefficient (Wildman–Crippen LogP) is 6.12. The first-order chi connectivity index (χ1) is 13.5. The average molecular weight is 385 g/mol. The van der Waals surface area contributed by atoms with Crippen LogP contribution in [0.25, 0.3) is 0 Å². The van der Waals surface area contributed by atoms with Gasteiger partial charge in [0.25, 0.3) is 0 Å². The number of ether oxygens (including phenoxy) is 2. The second-order valence-electron chi connectivity index (χ2n) is 9.56. The van der Waals surface area contributed by atoms with E-state index in [0.29, 0.717) is 30.8 Å². The van der Waals surface area contributed by atoms with Crippen LogP contribution < -0.4 is 4.74 Å². The van der Waals surface area contributed by atoms with Crippen LogP contribution in [-0.4, -0.2) is 18.2 Å². The molecule has 4 aliphatic rings. The van der Waals surface area contributed by atoms with E-state index in [1.807, 2.05) is 12.1 Å². The van der Waals surface area contributed by atoms with Crippen LogP contribution in [0.5, 0.6) is 5.75 Å². The lowest BCUT2D eigenvalue weighted by atomic mass is 9.49. The normalized spacial score (nSPS) is 34.2. The van der Waals surface area contributed by atoms with Crippen LogP contribution >= 0.6 is 0 Å². The molecule has 0 aliphatic heterocycles. The molecule has 0 heterocycles. The molecule has 0 radical (unpaired) electrons. The van der Waals surface area contributed by atoms with Gasteiger partial charge in [0.1, 0.15) is 11.4 Å². The van der Waals surface area contributed by atoms with Crippen LogP contribution in [0.1, 0.15) is 83.6 Å². The van der Waals surface area contributed by atoms with Crippen LogP contribution in [0.2, 0.25) is 0 Å². The van der Waals surface area contributed by atoms with Crippen molar-refractivity contribution >= 4 is 5.97 Å². The van der Waals surface area contributed by atoms with Crippen molar-refractivity contribution in [3.05, 3.63) is 29.8 Å². The Morgan fingerprint density at radius 2 is 1.64 bits per heavy atom. The molecule has 0 N–H and O–H groups in total. The van der Waals surface area contributed by atoms with Crippen molar-refractivity contribution in [2.45, 2.75) is 83.7 Å². The predicted molar refractivity (Wildman–Crippen MR) is 111 cm³/mol. The topological polar surface area (TPSA) is 35.5 Å². The minimum atomic E-state index is -0.192. The van der Waals surface area contributed by atoms with E-state index in [2.05, 4.69) is 32.9 Å². The van der Waals surface area contributed by atoms with E-state index in [0.717, 1.165) is 30.4 Å². The molecule has 4 bridgehead atoms. The van der Waals surface area contributed by atoms with Crippen molar-refractivity contribution in [3.8, 4) is 5.75 Å². The van der Waals surface area contributed by atoms with Crippen molar-refractivity contribution in [2.75, 3.05) is 6.61 Å². The monoisotopic (exact) mass is 384 g/mol. The summed E-state index contributed by atoms with van der Waals surface area (Å²) in [4.78, 5) is 12.7. The maximum Gasteiger partial charge on any atom is 0.309 e. The van der Waals surface area contributed by atoms with Gasteiger partial charge in [-0.2, -0.15) is 0 Å². The summed E-state index contributed by atoms with van der Waals surface area (Å²) >= 11 is 0. The third kappa shape index (κ3) is 3.69. The number of esters is 1. The van der Waals surface area contributed by atoms with Crippen molar-refractivity contribution in [1.82, 2.24) is 0 Å². The lowest BCUT2D eigenvalue weighted by molar-refractivity contribution is -0.211. The Morgan fingerprint density at radius 3 is 2.18 bits per heavy atom. The van der Waals surface area contributed by atoms with Gasteiger partial charge < -0.3 is 9.47 Å². The highest BCUT2D eigenvalue weighted by Gasteiger charge is 2.58. The van der Waals surface area contributed by atoms with Crippen LogP contribution in [0, 0.1) is 23.7 Å². The summed E-state index contributed by atoms with van der Waals surface area (Å²) in [5.74, 6) is 4.28. The van der Waals surface area contributed by atoms with Gasteiger partial charge in [-0.3, -0.25) is 4.79 Å². The van der Waals surface area contributed by atoms with Gasteiger partial charge in [0, 0.05) is 0 Å². The summed E-state index contributed by atoms with van der Waals surface area (Å²) in [5.41, 5.74) is 1.14. The van der Waals surface area contributed by atoms with Crippen molar-refractivity contribution in [2.24, 2.45) is 23.7 Å². The molecule has 4 aliphatic carbocycles. The van der Waals surface area contributed by atoms with E-state index in [1.54, 1.807) is 0 Å².